The van der Waals surface area contributed by atoms with Crippen LogP contribution in [0.2, 0.25) is 0 Å². The van der Waals surface area contributed by atoms with Crippen LogP contribution >= 0.6 is 0 Å². The van der Waals surface area contributed by atoms with E-state index in [4.69, 9.17) is 0 Å². The van der Waals surface area contributed by atoms with Crippen molar-refractivity contribution in [1.29, 1.82) is 0 Å². The zero-order valence-corrected chi connectivity index (χ0v) is 10.2. The maximum Gasteiger partial charge on any atom is 0.235 e. The highest BCUT2D eigenvalue weighted by atomic mass is 16.1. The fourth-order valence-corrected chi connectivity index (χ4v) is 1.82. The molecule has 0 N–H and O–H groups in total. The van der Waals surface area contributed by atoms with E-state index in [0.717, 1.165) is 27.8 Å². The summed E-state index contributed by atoms with van der Waals surface area (Å²) < 4.78 is 0. The van der Waals surface area contributed by atoms with Crippen LogP contribution < -0.4 is 0 Å². The van der Waals surface area contributed by atoms with Gasteiger partial charge in [0.1, 0.15) is 0 Å². The molecule has 1 aromatic rings. The quantitative estimate of drug-likeness (QED) is 0.588. The van der Waals surface area contributed by atoms with Crippen molar-refractivity contribution < 1.29 is 9.59 Å². The van der Waals surface area contributed by atoms with Gasteiger partial charge in [-0.1, -0.05) is 6.07 Å². The van der Waals surface area contributed by atoms with Crippen molar-refractivity contribution >= 4 is 12.2 Å². The Bertz CT molecular complexity index is 523. The highest BCUT2D eigenvalue weighted by molar-refractivity contribution is 5.46. The van der Waals surface area contributed by atoms with Crippen molar-refractivity contribution in [3.63, 3.8) is 0 Å². The Morgan fingerprint density at radius 1 is 1.00 bits per heavy atom. The van der Waals surface area contributed by atoms with E-state index in [2.05, 4.69) is 9.98 Å². The first-order valence-corrected chi connectivity index (χ1v) is 5.27. The van der Waals surface area contributed by atoms with Crippen LogP contribution in [0.4, 0.5) is 0 Å². The van der Waals surface area contributed by atoms with E-state index in [-0.39, 0.29) is 0 Å². The molecule has 0 unspecified atom stereocenters. The van der Waals surface area contributed by atoms with Gasteiger partial charge in [-0.3, -0.25) is 0 Å². The molecular formula is C13H14N2O2. The number of aryl methyl sites for hydroxylation is 1. The summed E-state index contributed by atoms with van der Waals surface area (Å²) in [5.41, 5.74) is 5.20. The monoisotopic (exact) mass is 230 g/mol. The number of hydrogen-bond acceptors (Lipinski definition) is 4. The molecule has 4 heteroatoms. The molecule has 1 rings (SSSR count). The Morgan fingerprint density at radius 3 is 2.18 bits per heavy atom. The maximum absolute atomic E-state index is 10.2. The summed E-state index contributed by atoms with van der Waals surface area (Å²) in [4.78, 5) is 27.5. The van der Waals surface area contributed by atoms with Gasteiger partial charge in [-0.05, 0) is 48.6 Å². The predicted octanol–water partition coefficient (Wildman–Crippen LogP) is 2.28. The van der Waals surface area contributed by atoms with Crippen molar-refractivity contribution in [2.24, 2.45) is 9.98 Å². The molecule has 0 amide bonds. The summed E-state index contributed by atoms with van der Waals surface area (Å²) >= 11 is 0. The summed E-state index contributed by atoms with van der Waals surface area (Å²) in [6.07, 6.45) is 3.07. The van der Waals surface area contributed by atoms with Crippen molar-refractivity contribution in [1.82, 2.24) is 0 Å². The van der Waals surface area contributed by atoms with E-state index in [0.29, 0.717) is 13.1 Å². The van der Waals surface area contributed by atoms with Crippen LogP contribution in [0.15, 0.2) is 16.1 Å². The molecule has 0 radical (unpaired) electrons. The van der Waals surface area contributed by atoms with Gasteiger partial charge in [-0.2, -0.15) is 0 Å². The molecule has 4 nitrogen and oxygen atoms in total. The highest BCUT2D eigenvalue weighted by Crippen LogP contribution is 2.23. The molecule has 88 valence electrons. The molecule has 0 bridgehead atoms. The molecule has 0 saturated heterocycles. The molecule has 0 aliphatic carbocycles. The molecule has 17 heavy (non-hydrogen) atoms. The SMILES string of the molecule is Cc1cc(CN=C=O)c(C)c(CN=C=O)c1C. The van der Waals surface area contributed by atoms with Crippen LogP contribution in [0, 0.1) is 20.8 Å². The maximum atomic E-state index is 10.2. The van der Waals surface area contributed by atoms with Crippen LogP contribution in [0.3, 0.4) is 0 Å². The minimum atomic E-state index is 0.314. The normalized spacial score (nSPS) is 9.35. The average Bonchev–Trinajstić information content (AvgIpc) is 2.32. The molecule has 1 aromatic carbocycles. The third-order valence-corrected chi connectivity index (χ3v) is 2.98. The van der Waals surface area contributed by atoms with Gasteiger partial charge in [-0.15, -0.1) is 0 Å². The summed E-state index contributed by atoms with van der Waals surface area (Å²) in [6.45, 7) is 6.55. The van der Waals surface area contributed by atoms with Gasteiger partial charge < -0.3 is 0 Å². The van der Waals surface area contributed by atoms with Crippen molar-refractivity contribution in [3.05, 3.63) is 33.9 Å². The molecule has 0 heterocycles. The van der Waals surface area contributed by atoms with Gasteiger partial charge in [0.15, 0.2) is 0 Å². The number of isocyanates is 2. The second-order valence-electron chi connectivity index (χ2n) is 3.90. The molecule has 0 aromatic heterocycles. The van der Waals surface area contributed by atoms with Gasteiger partial charge in [-0.25, -0.2) is 19.6 Å². The molecule has 0 saturated carbocycles. The molecule has 0 atom stereocenters. The number of aliphatic imine (C=N–C) groups is 2. The third kappa shape index (κ3) is 2.97. The molecule has 0 spiro atoms. The van der Waals surface area contributed by atoms with Crippen LogP contribution in [-0.2, 0) is 22.7 Å². The van der Waals surface area contributed by atoms with E-state index < -0.39 is 0 Å². The molecule has 0 aliphatic rings. The minimum Gasteiger partial charge on any atom is -0.211 e. The Kier molecular flexibility index (Phi) is 4.53. The number of carbonyl (C=O) groups excluding carboxylic acids is 2. The Labute approximate surface area is 100 Å². The summed E-state index contributed by atoms with van der Waals surface area (Å²) in [5, 5.41) is 0. The standard InChI is InChI=1S/C13H14N2O2/c1-9-4-12(5-14-7-16)11(3)13(10(9)2)6-15-8-17/h4H,5-6H2,1-3H3. The minimum absolute atomic E-state index is 0.314. The first kappa shape index (κ1) is 13.0. The lowest BCUT2D eigenvalue weighted by molar-refractivity contribution is 0.562. The summed E-state index contributed by atoms with van der Waals surface area (Å²) in [5.74, 6) is 0. The highest BCUT2D eigenvalue weighted by Gasteiger charge is 2.09. The zero-order valence-electron chi connectivity index (χ0n) is 10.2. The summed E-state index contributed by atoms with van der Waals surface area (Å²) in [7, 11) is 0. The smallest absolute Gasteiger partial charge is 0.211 e. The van der Waals surface area contributed by atoms with Gasteiger partial charge in [0.05, 0.1) is 13.1 Å². The van der Waals surface area contributed by atoms with Crippen LogP contribution in [-0.4, -0.2) is 12.2 Å². The average molecular weight is 230 g/mol. The number of hydrogen-bond donors (Lipinski definition) is 0. The van der Waals surface area contributed by atoms with Crippen LogP contribution in [0.5, 0.6) is 0 Å². The molecular weight excluding hydrogens is 216 g/mol. The van der Waals surface area contributed by atoms with E-state index in [9.17, 15) is 9.59 Å². The van der Waals surface area contributed by atoms with E-state index >= 15 is 0 Å². The van der Waals surface area contributed by atoms with Crippen molar-refractivity contribution in [3.8, 4) is 0 Å². The van der Waals surface area contributed by atoms with Gasteiger partial charge in [0.2, 0.25) is 12.2 Å². The van der Waals surface area contributed by atoms with E-state index in [1.807, 2.05) is 26.8 Å². The second kappa shape index (κ2) is 5.90. The first-order chi connectivity index (χ1) is 8.11. The fourth-order valence-electron chi connectivity index (χ4n) is 1.82. The zero-order chi connectivity index (χ0) is 12.8. The van der Waals surface area contributed by atoms with Crippen molar-refractivity contribution in [2.75, 3.05) is 0 Å². The Hall–Kier alpha value is -2.02. The van der Waals surface area contributed by atoms with E-state index in [1.165, 1.54) is 6.08 Å². The molecule has 0 aliphatic heterocycles. The Morgan fingerprint density at radius 2 is 1.59 bits per heavy atom. The molecule has 0 fully saturated rings. The largest absolute Gasteiger partial charge is 0.235 e. The van der Waals surface area contributed by atoms with Gasteiger partial charge >= 0.3 is 0 Å². The predicted molar refractivity (Wildman–Crippen MR) is 64.3 cm³/mol. The second-order valence-corrected chi connectivity index (χ2v) is 3.90. The van der Waals surface area contributed by atoms with Crippen molar-refractivity contribution in [2.45, 2.75) is 33.9 Å². The fraction of sp³-hybridized carbons (Fsp3) is 0.385. The lowest BCUT2D eigenvalue weighted by Crippen LogP contribution is -2.00. The first-order valence-electron chi connectivity index (χ1n) is 5.27. The Balaban J connectivity index is 3.30. The van der Waals surface area contributed by atoms with Crippen LogP contribution in [0.25, 0.3) is 0 Å². The van der Waals surface area contributed by atoms with E-state index in [1.54, 1.807) is 6.08 Å². The lowest BCUT2D eigenvalue weighted by Gasteiger charge is -2.14. The third-order valence-electron chi connectivity index (χ3n) is 2.98. The van der Waals surface area contributed by atoms with Gasteiger partial charge in [0.25, 0.3) is 0 Å². The topological polar surface area (TPSA) is 58.9 Å². The number of benzene rings is 1. The number of nitrogens with zero attached hydrogens (tertiary/aromatic N) is 2. The van der Waals surface area contributed by atoms with Gasteiger partial charge in [0, 0.05) is 0 Å². The summed E-state index contributed by atoms with van der Waals surface area (Å²) in [6, 6.07) is 2.00. The lowest BCUT2D eigenvalue weighted by atomic mass is 9.93. The van der Waals surface area contributed by atoms with Crippen LogP contribution in [0.1, 0.15) is 27.8 Å². The number of rotatable bonds is 4.